The molecule has 0 radical (unpaired) electrons. The van der Waals surface area contributed by atoms with Crippen LogP contribution in [0.4, 0.5) is 0 Å². The van der Waals surface area contributed by atoms with Gasteiger partial charge in [0.15, 0.2) is 0 Å². The van der Waals surface area contributed by atoms with E-state index in [9.17, 15) is 14.7 Å². The summed E-state index contributed by atoms with van der Waals surface area (Å²) in [7, 11) is 0. The predicted octanol–water partition coefficient (Wildman–Crippen LogP) is 2.94. The second kappa shape index (κ2) is 8.51. The smallest absolute Gasteiger partial charge is 0.346 e. The second-order valence-electron chi connectivity index (χ2n) is 7.54. The molecular formula is C20H28ClN2O3+. The second-order valence-corrected chi connectivity index (χ2v) is 7.81. The van der Waals surface area contributed by atoms with Crippen LogP contribution in [-0.4, -0.2) is 46.8 Å². The van der Waals surface area contributed by atoms with E-state index in [1.807, 2.05) is 12.1 Å². The lowest BCUT2D eigenvalue weighted by molar-refractivity contribution is -0.875. The van der Waals surface area contributed by atoms with Gasteiger partial charge in [0.25, 0.3) is 6.23 Å². The molecule has 1 saturated heterocycles. The SMILES string of the molecule is O=C(NC1CCCCC1)C(O)[N+]1(C(=O)c2ccc(CCl)cc2)CCCC1. The number of carbonyl (C=O) groups excluding carboxylic acids is 2. The summed E-state index contributed by atoms with van der Waals surface area (Å²) in [6, 6.07) is 7.24. The molecule has 1 aromatic carbocycles. The molecule has 0 aromatic heterocycles. The Morgan fingerprint density at radius 2 is 1.69 bits per heavy atom. The van der Waals surface area contributed by atoms with Crippen LogP contribution in [0.15, 0.2) is 24.3 Å². The minimum atomic E-state index is -1.35. The van der Waals surface area contributed by atoms with E-state index in [4.69, 9.17) is 11.6 Å². The van der Waals surface area contributed by atoms with E-state index in [0.717, 1.165) is 44.1 Å². The third kappa shape index (κ3) is 3.95. The molecule has 2 N–H and O–H groups in total. The average molecular weight is 380 g/mol. The van der Waals surface area contributed by atoms with Gasteiger partial charge in [-0.05, 0) is 30.5 Å². The first-order valence-electron chi connectivity index (χ1n) is 9.62. The Kier molecular flexibility index (Phi) is 6.33. The van der Waals surface area contributed by atoms with Gasteiger partial charge in [0.05, 0.1) is 18.7 Å². The third-order valence-electron chi connectivity index (χ3n) is 5.78. The molecule has 1 aliphatic carbocycles. The summed E-state index contributed by atoms with van der Waals surface area (Å²) < 4.78 is -0.196. The van der Waals surface area contributed by atoms with Crippen molar-refractivity contribution in [2.75, 3.05) is 13.1 Å². The molecule has 1 heterocycles. The topological polar surface area (TPSA) is 66.4 Å². The molecule has 2 aliphatic rings. The quantitative estimate of drug-likeness (QED) is 0.610. The molecule has 1 aliphatic heterocycles. The minimum Gasteiger partial charge on any atom is -0.346 e. The zero-order chi connectivity index (χ0) is 18.6. The maximum atomic E-state index is 13.2. The number of quaternary nitrogens is 1. The zero-order valence-electron chi connectivity index (χ0n) is 15.1. The Bertz CT molecular complexity index is 635. The van der Waals surface area contributed by atoms with Gasteiger partial charge in [0, 0.05) is 24.8 Å². The highest BCUT2D eigenvalue weighted by molar-refractivity contribution is 6.17. The van der Waals surface area contributed by atoms with Crippen LogP contribution in [0, 0.1) is 0 Å². The van der Waals surface area contributed by atoms with Crippen molar-refractivity contribution in [3.63, 3.8) is 0 Å². The summed E-state index contributed by atoms with van der Waals surface area (Å²) in [6.45, 7) is 0.991. The fourth-order valence-corrected chi connectivity index (χ4v) is 4.38. The van der Waals surface area contributed by atoms with Crippen LogP contribution in [0.3, 0.4) is 0 Å². The van der Waals surface area contributed by atoms with Gasteiger partial charge >= 0.3 is 11.8 Å². The zero-order valence-corrected chi connectivity index (χ0v) is 15.9. The number of benzene rings is 1. The molecular weight excluding hydrogens is 352 g/mol. The number of amides is 2. The lowest BCUT2D eigenvalue weighted by Crippen LogP contribution is -2.63. The summed E-state index contributed by atoms with van der Waals surface area (Å²) >= 11 is 5.82. The molecule has 142 valence electrons. The van der Waals surface area contributed by atoms with E-state index < -0.39 is 12.1 Å². The average Bonchev–Trinajstić information content (AvgIpc) is 3.18. The lowest BCUT2D eigenvalue weighted by Gasteiger charge is -2.35. The molecule has 26 heavy (non-hydrogen) atoms. The number of alkyl halides is 1. The Morgan fingerprint density at radius 1 is 1.08 bits per heavy atom. The fraction of sp³-hybridized carbons (Fsp3) is 0.600. The van der Waals surface area contributed by atoms with Crippen molar-refractivity contribution in [1.82, 2.24) is 5.32 Å². The first-order valence-corrected chi connectivity index (χ1v) is 10.2. The van der Waals surface area contributed by atoms with Gasteiger partial charge in [0.2, 0.25) is 0 Å². The molecule has 1 atom stereocenters. The molecule has 0 spiro atoms. The van der Waals surface area contributed by atoms with Crippen molar-refractivity contribution >= 4 is 23.4 Å². The van der Waals surface area contributed by atoms with Gasteiger partial charge in [-0.3, -0.25) is 4.79 Å². The normalized spacial score (nSPS) is 21.3. The van der Waals surface area contributed by atoms with Gasteiger partial charge in [-0.1, -0.05) is 31.4 Å². The highest BCUT2D eigenvalue weighted by Crippen LogP contribution is 2.27. The van der Waals surface area contributed by atoms with Crippen molar-refractivity contribution in [3.8, 4) is 0 Å². The van der Waals surface area contributed by atoms with Crippen molar-refractivity contribution < 1.29 is 19.2 Å². The summed E-state index contributed by atoms with van der Waals surface area (Å²) in [5.41, 5.74) is 1.46. The molecule has 1 aromatic rings. The van der Waals surface area contributed by atoms with E-state index in [2.05, 4.69) is 5.32 Å². The van der Waals surface area contributed by atoms with Crippen LogP contribution in [0.5, 0.6) is 0 Å². The molecule has 5 nitrogen and oxygen atoms in total. The summed E-state index contributed by atoms with van der Waals surface area (Å²) in [6.07, 6.45) is 5.63. The van der Waals surface area contributed by atoms with Crippen LogP contribution < -0.4 is 5.32 Å². The maximum absolute atomic E-state index is 13.2. The van der Waals surface area contributed by atoms with Gasteiger partial charge in [-0.15, -0.1) is 11.6 Å². The van der Waals surface area contributed by atoms with Gasteiger partial charge < -0.3 is 10.4 Å². The Morgan fingerprint density at radius 3 is 2.27 bits per heavy atom. The first-order chi connectivity index (χ1) is 12.6. The van der Waals surface area contributed by atoms with Crippen molar-refractivity contribution in [2.45, 2.75) is 63.1 Å². The Labute approximate surface area is 159 Å². The van der Waals surface area contributed by atoms with Gasteiger partial charge in [-0.25, -0.2) is 9.28 Å². The van der Waals surface area contributed by atoms with Crippen molar-refractivity contribution in [1.29, 1.82) is 0 Å². The van der Waals surface area contributed by atoms with Crippen LogP contribution in [-0.2, 0) is 10.7 Å². The van der Waals surface area contributed by atoms with Crippen LogP contribution in [0.1, 0.15) is 60.9 Å². The maximum Gasteiger partial charge on any atom is 0.348 e. The van der Waals surface area contributed by atoms with Crippen molar-refractivity contribution in [3.05, 3.63) is 35.4 Å². The number of carbonyl (C=O) groups is 2. The van der Waals surface area contributed by atoms with Crippen LogP contribution in [0.2, 0.25) is 0 Å². The molecule has 0 bridgehead atoms. The number of nitrogens with one attached hydrogen (secondary N) is 1. The highest BCUT2D eigenvalue weighted by atomic mass is 35.5. The van der Waals surface area contributed by atoms with E-state index in [1.54, 1.807) is 12.1 Å². The number of rotatable bonds is 5. The third-order valence-corrected chi connectivity index (χ3v) is 6.09. The largest absolute Gasteiger partial charge is 0.348 e. The summed E-state index contributed by atoms with van der Waals surface area (Å²) in [4.78, 5) is 25.9. The summed E-state index contributed by atoms with van der Waals surface area (Å²) in [5, 5.41) is 13.8. The number of nitrogens with zero attached hydrogens (tertiary/aromatic N) is 1. The lowest BCUT2D eigenvalue weighted by atomic mass is 9.95. The standard InChI is InChI=1S/C20H27ClN2O3/c21-14-15-8-10-16(11-9-15)19(25)23(12-4-5-13-23)20(26)18(24)22-17-6-2-1-3-7-17/h8-11,17,20,26H,1-7,12-14H2/p+1. The molecule has 1 saturated carbocycles. The van der Waals surface area contributed by atoms with E-state index in [1.165, 1.54) is 6.42 Å². The van der Waals surface area contributed by atoms with Gasteiger partial charge in [-0.2, -0.15) is 0 Å². The Hall–Kier alpha value is -1.43. The molecule has 6 heteroatoms. The molecule has 1 unspecified atom stereocenters. The Balaban J connectivity index is 1.76. The molecule has 2 amide bonds. The fourth-order valence-electron chi connectivity index (χ4n) is 4.20. The number of hydrogen-bond acceptors (Lipinski definition) is 3. The number of halogens is 1. The van der Waals surface area contributed by atoms with Crippen LogP contribution >= 0.6 is 11.6 Å². The van der Waals surface area contributed by atoms with Crippen LogP contribution in [0.25, 0.3) is 0 Å². The monoisotopic (exact) mass is 379 g/mol. The van der Waals surface area contributed by atoms with E-state index in [0.29, 0.717) is 24.5 Å². The molecule has 3 rings (SSSR count). The predicted molar refractivity (Wildman–Crippen MR) is 101 cm³/mol. The number of hydrogen-bond donors (Lipinski definition) is 2. The number of likely N-dealkylation sites (tertiary alicyclic amines) is 1. The first kappa shape index (κ1) is 19.3. The van der Waals surface area contributed by atoms with Crippen molar-refractivity contribution in [2.24, 2.45) is 0 Å². The van der Waals surface area contributed by atoms with E-state index >= 15 is 0 Å². The number of aliphatic hydroxyl groups excluding tert-OH is 1. The summed E-state index contributed by atoms with van der Waals surface area (Å²) in [5.74, 6) is -0.208. The number of aliphatic hydroxyl groups is 1. The minimum absolute atomic E-state index is 0.117. The van der Waals surface area contributed by atoms with Gasteiger partial charge in [0.1, 0.15) is 0 Å². The van der Waals surface area contributed by atoms with E-state index in [-0.39, 0.29) is 16.4 Å². The molecule has 2 fully saturated rings. The highest BCUT2D eigenvalue weighted by Gasteiger charge is 2.50.